The Balaban J connectivity index is 2.30. The fourth-order valence-corrected chi connectivity index (χ4v) is 1.48. The van der Waals surface area contributed by atoms with E-state index < -0.39 is 0 Å². The predicted octanol–water partition coefficient (Wildman–Crippen LogP) is 0.0742. The summed E-state index contributed by atoms with van der Waals surface area (Å²) in [5.41, 5.74) is 0. The molecule has 0 bridgehead atoms. The number of amides is 1. The Kier molecular flexibility index (Phi) is 2.88. The molecule has 0 aromatic rings. The lowest BCUT2D eigenvalue weighted by molar-refractivity contribution is -0.129. The van der Waals surface area contributed by atoms with E-state index in [1.807, 2.05) is 19.0 Å². The van der Waals surface area contributed by atoms with Crippen LogP contribution in [0.1, 0.15) is 12.8 Å². The van der Waals surface area contributed by atoms with Crippen LogP contribution < -0.4 is 5.32 Å². The van der Waals surface area contributed by atoms with Crippen LogP contribution in [0.3, 0.4) is 0 Å². The van der Waals surface area contributed by atoms with Crippen LogP contribution in [-0.4, -0.2) is 38.0 Å². The zero-order valence-electron chi connectivity index (χ0n) is 7.26. The second-order valence-electron chi connectivity index (χ2n) is 3.14. The number of carbonyl (C=O) groups is 1. The summed E-state index contributed by atoms with van der Waals surface area (Å²) in [7, 11) is 3.80. The molecule has 3 nitrogen and oxygen atoms in total. The highest BCUT2D eigenvalue weighted by atomic mass is 16.2. The molecule has 1 atom stereocenters. The lowest BCUT2D eigenvalue weighted by atomic mass is 10.0. The molecule has 1 N–H and O–H groups in total. The summed E-state index contributed by atoms with van der Waals surface area (Å²) >= 11 is 0. The molecule has 0 aliphatic carbocycles. The van der Waals surface area contributed by atoms with Gasteiger partial charge in [-0.2, -0.15) is 0 Å². The molecule has 1 fully saturated rings. The van der Waals surface area contributed by atoms with Crippen LogP contribution in [0.25, 0.3) is 0 Å². The molecule has 0 aromatic carbocycles. The van der Waals surface area contributed by atoms with Crippen molar-refractivity contribution < 1.29 is 4.79 Å². The predicted molar refractivity (Wildman–Crippen MR) is 44.3 cm³/mol. The summed E-state index contributed by atoms with van der Waals surface area (Å²) in [6.07, 6.45) is 2.02. The molecular weight excluding hydrogens is 140 g/mol. The van der Waals surface area contributed by atoms with E-state index in [0.29, 0.717) is 5.91 Å². The highest BCUT2D eigenvalue weighted by Crippen LogP contribution is 2.18. The van der Waals surface area contributed by atoms with Gasteiger partial charge in [0.15, 0.2) is 0 Å². The third-order valence-corrected chi connectivity index (χ3v) is 2.28. The lowest BCUT2D eigenvalue weighted by Crippen LogP contribution is -2.24. The minimum absolute atomic E-state index is 0.285. The molecule has 0 radical (unpaired) electrons. The largest absolute Gasteiger partial charge is 0.345 e. The Bertz CT molecular complexity index is 147. The molecule has 64 valence electrons. The van der Waals surface area contributed by atoms with Crippen molar-refractivity contribution in [3.63, 3.8) is 0 Å². The van der Waals surface area contributed by atoms with Gasteiger partial charge in [0.25, 0.3) is 0 Å². The number of hydrogen-bond acceptors (Lipinski definition) is 2. The first-order valence-electron chi connectivity index (χ1n) is 4.15. The third kappa shape index (κ3) is 1.93. The second kappa shape index (κ2) is 3.72. The summed E-state index contributed by atoms with van der Waals surface area (Å²) < 4.78 is 0. The van der Waals surface area contributed by atoms with Crippen molar-refractivity contribution in [1.29, 1.82) is 0 Å². The van der Waals surface area contributed by atoms with Crippen molar-refractivity contribution in [2.75, 3.05) is 27.2 Å². The smallest absolute Gasteiger partial charge is 0.225 e. The van der Waals surface area contributed by atoms with Gasteiger partial charge in [-0.05, 0) is 26.4 Å². The van der Waals surface area contributed by atoms with Crippen LogP contribution >= 0.6 is 0 Å². The first-order valence-corrected chi connectivity index (χ1v) is 4.15. The number of nitrogens with one attached hydrogen (secondary N) is 1. The third-order valence-electron chi connectivity index (χ3n) is 2.28. The first-order chi connectivity index (χ1) is 5.25. The molecule has 1 amide bonds. The van der Waals surface area contributed by atoms with Crippen LogP contribution in [0.2, 0.25) is 0 Å². The molecule has 3 heteroatoms. The van der Waals surface area contributed by atoms with Crippen LogP contribution in [-0.2, 0) is 4.79 Å². The molecule has 1 saturated heterocycles. The Morgan fingerprint density at radius 1 is 1.73 bits per heavy atom. The van der Waals surface area contributed by atoms with Gasteiger partial charge in [0, 0.05) is 19.5 Å². The van der Waals surface area contributed by atoms with Gasteiger partial charge in [-0.15, -0.1) is 0 Å². The van der Waals surface area contributed by atoms with Crippen LogP contribution in [0, 0.1) is 5.92 Å². The SMILES string of the molecule is CNCC[C@H]1CCN(C)C1=O. The van der Waals surface area contributed by atoms with Gasteiger partial charge in [0.05, 0.1) is 0 Å². The number of nitrogens with zero attached hydrogens (tertiary/aromatic N) is 1. The zero-order valence-corrected chi connectivity index (χ0v) is 7.26. The Morgan fingerprint density at radius 2 is 2.45 bits per heavy atom. The van der Waals surface area contributed by atoms with Gasteiger partial charge in [0.2, 0.25) is 5.91 Å². The average Bonchev–Trinajstić information content (AvgIpc) is 2.31. The fraction of sp³-hybridized carbons (Fsp3) is 0.875. The fourth-order valence-electron chi connectivity index (χ4n) is 1.48. The van der Waals surface area contributed by atoms with Crippen LogP contribution in [0.5, 0.6) is 0 Å². The van der Waals surface area contributed by atoms with Crippen molar-refractivity contribution in [2.45, 2.75) is 12.8 Å². The topological polar surface area (TPSA) is 32.3 Å². The Labute approximate surface area is 67.8 Å². The second-order valence-corrected chi connectivity index (χ2v) is 3.14. The van der Waals surface area contributed by atoms with Crippen molar-refractivity contribution in [1.82, 2.24) is 10.2 Å². The highest BCUT2D eigenvalue weighted by molar-refractivity contribution is 5.80. The first kappa shape index (κ1) is 8.53. The van der Waals surface area contributed by atoms with E-state index in [1.165, 1.54) is 0 Å². The van der Waals surface area contributed by atoms with E-state index in [9.17, 15) is 4.79 Å². The molecule has 1 rings (SSSR count). The summed E-state index contributed by atoms with van der Waals surface area (Å²) in [6, 6.07) is 0. The maximum atomic E-state index is 11.3. The van der Waals surface area contributed by atoms with Crippen LogP contribution in [0.15, 0.2) is 0 Å². The minimum atomic E-state index is 0.285. The number of hydrogen-bond donors (Lipinski definition) is 1. The summed E-state index contributed by atoms with van der Waals surface area (Å²) in [5.74, 6) is 0.604. The van der Waals surface area contributed by atoms with Crippen molar-refractivity contribution in [2.24, 2.45) is 5.92 Å². The molecule has 11 heavy (non-hydrogen) atoms. The van der Waals surface area contributed by atoms with E-state index in [4.69, 9.17) is 0 Å². The standard InChI is InChI=1S/C8H16N2O/c1-9-5-3-7-4-6-10(2)8(7)11/h7,9H,3-6H2,1-2H3/t7-/m0/s1. The molecule has 0 spiro atoms. The molecular formula is C8H16N2O. The van der Waals surface area contributed by atoms with E-state index in [-0.39, 0.29) is 5.92 Å². The molecule has 0 saturated carbocycles. The monoisotopic (exact) mass is 156 g/mol. The molecule has 1 heterocycles. The maximum Gasteiger partial charge on any atom is 0.225 e. The highest BCUT2D eigenvalue weighted by Gasteiger charge is 2.27. The Morgan fingerprint density at radius 3 is 2.91 bits per heavy atom. The number of rotatable bonds is 3. The van der Waals surface area contributed by atoms with Crippen molar-refractivity contribution in [3.8, 4) is 0 Å². The quantitative estimate of drug-likeness (QED) is 0.627. The van der Waals surface area contributed by atoms with E-state index in [2.05, 4.69) is 5.32 Å². The minimum Gasteiger partial charge on any atom is -0.345 e. The van der Waals surface area contributed by atoms with Gasteiger partial charge < -0.3 is 10.2 Å². The van der Waals surface area contributed by atoms with Gasteiger partial charge in [-0.3, -0.25) is 4.79 Å². The maximum absolute atomic E-state index is 11.3. The van der Waals surface area contributed by atoms with E-state index in [0.717, 1.165) is 25.9 Å². The van der Waals surface area contributed by atoms with E-state index in [1.54, 1.807) is 0 Å². The van der Waals surface area contributed by atoms with E-state index >= 15 is 0 Å². The summed E-state index contributed by atoms with van der Waals surface area (Å²) in [4.78, 5) is 13.1. The zero-order chi connectivity index (χ0) is 8.27. The van der Waals surface area contributed by atoms with Gasteiger partial charge in [0.1, 0.15) is 0 Å². The van der Waals surface area contributed by atoms with Gasteiger partial charge in [-0.25, -0.2) is 0 Å². The lowest BCUT2D eigenvalue weighted by Gasteiger charge is -2.09. The molecule has 1 aliphatic rings. The van der Waals surface area contributed by atoms with Crippen molar-refractivity contribution >= 4 is 5.91 Å². The van der Waals surface area contributed by atoms with Crippen LogP contribution in [0.4, 0.5) is 0 Å². The summed E-state index contributed by atoms with van der Waals surface area (Å²) in [6.45, 7) is 1.89. The summed E-state index contributed by atoms with van der Waals surface area (Å²) in [5, 5.41) is 3.06. The van der Waals surface area contributed by atoms with Crippen molar-refractivity contribution in [3.05, 3.63) is 0 Å². The van der Waals surface area contributed by atoms with Gasteiger partial charge >= 0.3 is 0 Å². The number of likely N-dealkylation sites (tertiary alicyclic amines) is 1. The number of carbonyl (C=O) groups excluding carboxylic acids is 1. The average molecular weight is 156 g/mol. The normalized spacial score (nSPS) is 24.7. The molecule has 0 unspecified atom stereocenters. The Hall–Kier alpha value is -0.570. The van der Waals surface area contributed by atoms with Gasteiger partial charge in [-0.1, -0.05) is 0 Å². The molecule has 0 aromatic heterocycles. The molecule has 1 aliphatic heterocycles.